The molecule has 346 valence electrons. The van der Waals surface area contributed by atoms with E-state index >= 15 is 0 Å². The zero-order valence-corrected chi connectivity index (χ0v) is 39.1. The molecule has 4 aliphatic rings. The van der Waals surface area contributed by atoms with Gasteiger partial charge in [0.05, 0.1) is 50.8 Å². The fourth-order valence-corrected chi connectivity index (χ4v) is 8.72. The van der Waals surface area contributed by atoms with Gasteiger partial charge in [0.1, 0.15) is 11.6 Å². The largest absolute Gasteiger partial charge is 0.493 e. The molecule has 66 heavy (non-hydrogen) atoms. The number of amides is 1. The predicted octanol–water partition coefficient (Wildman–Crippen LogP) is 9.79. The number of allylic oxidation sites excluding steroid dienone is 3. The molecule has 0 saturated heterocycles. The Hall–Kier alpha value is -6.36. The van der Waals surface area contributed by atoms with Crippen molar-refractivity contribution >= 4 is 52.5 Å². The molecule has 2 aliphatic carbocycles. The number of carbonyl (C=O) groups is 4. The van der Waals surface area contributed by atoms with Crippen molar-refractivity contribution in [3.63, 3.8) is 0 Å². The number of carbonyl (C=O) groups excluding carboxylic acids is 4. The molecule has 1 saturated carbocycles. The van der Waals surface area contributed by atoms with Gasteiger partial charge in [-0.3, -0.25) is 24.2 Å². The lowest BCUT2D eigenvalue weighted by atomic mass is 9.89. The molecule has 1 amide bonds. The Bertz CT molecular complexity index is 2540. The van der Waals surface area contributed by atoms with Gasteiger partial charge in [0.15, 0.2) is 28.8 Å². The minimum absolute atomic E-state index is 0.00545. The summed E-state index contributed by atoms with van der Waals surface area (Å²) in [5, 5.41) is 8.59. The van der Waals surface area contributed by atoms with E-state index < -0.39 is 12.0 Å². The minimum atomic E-state index is -0.592. The first-order valence-corrected chi connectivity index (χ1v) is 23.1. The van der Waals surface area contributed by atoms with E-state index in [2.05, 4.69) is 18.7 Å². The van der Waals surface area contributed by atoms with E-state index in [1.807, 2.05) is 56.6 Å². The van der Waals surface area contributed by atoms with Crippen LogP contribution in [0.2, 0.25) is 0 Å². The summed E-state index contributed by atoms with van der Waals surface area (Å²) in [5.74, 6) is 1.92. The highest BCUT2D eigenvalue weighted by Crippen LogP contribution is 2.44. The number of aliphatic imine (C=N–C) groups is 1. The summed E-state index contributed by atoms with van der Waals surface area (Å²) in [5.41, 5.74) is 16.0. The van der Waals surface area contributed by atoms with Crippen LogP contribution in [0.5, 0.6) is 23.0 Å². The third-order valence-electron chi connectivity index (χ3n) is 13.1. The zero-order valence-electron chi connectivity index (χ0n) is 39.1. The van der Waals surface area contributed by atoms with Crippen molar-refractivity contribution in [1.29, 1.82) is 5.41 Å². The van der Waals surface area contributed by atoms with E-state index in [4.69, 9.17) is 35.1 Å². The van der Waals surface area contributed by atoms with Crippen LogP contribution in [-0.4, -0.2) is 79.6 Å². The summed E-state index contributed by atoms with van der Waals surface area (Å²) >= 11 is 0. The van der Waals surface area contributed by atoms with Gasteiger partial charge < -0.3 is 35.0 Å². The summed E-state index contributed by atoms with van der Waals surface area (Å²) in [6, 6.07) is 14.0. The Balaban J connectivity index is 0.937. The lowest BCUT2D eigenvalue weighted by molar-refractivity contribution is -0.127. The molecule has 0 bridgehead atoms. The van der Waals surface area contributed by atoms with E-state index in [1.165, 1.54) is 38.0 Å². The van der Waals surface area contributed by atoms with Crippen molar-refractivity contribution in [2.75, 3.05) is 27.4 Å². The summed E-state index contributed by atoms with van der Waals surface area (Å²) in [4.78, 5) is 58.2. The van der Waals surface area contributed by atoms with Crippen molar-refractivity contribution in [3.8, 4) is 23.0 Å². The molecule has 5 unspecified atom stereocenters. The van der Waals surface area contributed by atoms with Crippen LogP contribution < -0.4 is 24.7 Å². The van der Waals surface area contributed by atoms with E-state index in [1.54, 1.807) is 49.3 Å². The molecule has 3 N–H and O–H groups in total. The molecule has 3 aromatic carbocycles. The molecule has 12 nitrogen and oxygen atoms in total. The maximum Gasteiger partial charge on any atom is 0.260 e. The number of nitrogens with zero attached hydrogens (tertiary/aromatic N) is 2. The molecule has 0 spiro atoms. The number of ketones is 3. The van der Waals surface area contributed by atoms with Crippen LogP contribution in [0.3, 0.4) is 0 Å². The molecule has 0 radical (unpaired) electrons. The van der Waals surface area contributed by atoms with E-state index in [-0.39, 0.29) is 65.6 Å². The average Bonchev–Trinajstić information content (AvgIpc) is 3.99. The van der Waals surface area contributed by atoms with Crippen LogP contribution in [0, 0.1) is 35.0 Å². The van der Waals surface area contributed by atoms with Crippen molar-refractivity contribution in [3.05, 3.63) is 106 Å². The first-order chi connectivity index (χ1) is 31.6. The maximum atomic E-state index is 13.6. The van der Waals surface area contributed by atoms with Gasteiger partial charge in [0.2, 0.25) is 0 Å². The van der Waals surface area contributed by atoms with Gasteiger partial charge in [-0.05, 0) is 114 Å². The average molecular weight is 895 g/mol. The lowest BCUT2D eigenvalue weighted by Gasteiger charge is -2.19. The second kappa shape index (κ2) is 20.9. The first kappa shape index (κ1) is 47.6. The number of hydrogen-bond donors (Lipinski definition) is 2. The third-order valence-corrected chi connectivity index (χ3v) is 13.1. The fourth-order valence-electron chi connectivity index (χ4n) is 8.72. The Morgan fingerprint density at radius 2 is 1.62 bits per heavy atom. The Morgan fingerprint density at radius 3 is 2.27 bits per heavy atom. The van der Waals surface area contributed by atoms with Gasteiger partial charge >= 0.3 is 0 Å². The number of hydrogen-bond acceptors (Lipinski definition) is 11. The zero-order chi connectivity index (χ0) is 47.2. The number of nitrogens with two attached hydrogens (primary N) is 1. The first-order valence-electron chi connectivity index (χ1n) is 23.1. The molecule has 12 heteroatoms. The van der Waals surface area contributed by atoms with Crippen molar-refractivity contribution in [2.45, 2.75) is 91.6 Å². The molecule has 7 rings (SSSR count). The highest BCUT2D eigenvalue weighted by atomic mass is 16.5. The van der Waals surface area contributed by atoms with Gasteiger partial charge in [-0.2, -0.15) is 0 Å². The normalized spacial score (nSPS) is 19.4. The summed E-state index contributed by atoms with van der Waals surface area (Å²) in [6.07, 6.45) is 14.5. The molecular weight excluding hydrogens is 833 g/mol. The third kappa shape index (κ3) is 11.0. The standard InChI is InChI=1S/C54H62N4O8/c1-31(2)53(56)48(61)21-33(4)47(60)27-45(55)37-16-14-35(15-17-37)40-20-32(3)38(22-40)10-8-11-39-24-51(49(63-6)25-43(39)34(5)59)65-18-9-19-66-52-28-46-44(26-50(52)64-7)54(62)58-30-41(36-12-13-36)23-42(58)29-57-46/h10-11,14-17,20,24-26,28-33,36,38,42,53,55H,9,12-13,18-19,21-23,27,56H2,1-7H3. The van der Waals surface area contributed by atoms with Gasteiger partial charge in [-0.1, -0.05) is 58.0 Å². The molecule has 3 aromatic rings. The van der Waals surface area contributed by atoms with Crippen LogP contribution in [0.25, 0.3) is 11.6 Å². The van der Waals surface area contributed by atoms with Crippen molar-refractivity contribution in [2.24, 2.45) is 40.3 Å². The van der Waals surface area contributed by atoms with Crippen LogP contribution >= 0.6 is 0 Å². The Morgan fingerprint density at radius 1 is 0.939 bits per heavy atom. The van der Waals surface area contributed by atoms with Gasteiger partial charge in [-0.15, -0.1) is 5.73 Å². The number of fused-ring (bicyclic) bond motifs is 2. The maximum absolute atomic E-state index is 13.6. The van der Waals surface area contributed by atoms with Crippen molar-refractivity contribution in [1.82, 2.24) is 4.90 Å². The molecule has 2 aliphatic heterocycles. The number of nitrogens with one attached hydrogen (secondary N) is 1. The summed E-state index contributed by atoms with van der Waals surface area (Å²) in [6.45, 7) is 9.79. The molecule has 2 heterocycles. The highest BCUT2D eigenvalue weighted by molar-refractivity contribution is 6.10. The van der Waals surface area contributed by atoms with E-state index in [0.717, 1.165) is 18.4 Å². The van der Waals surface area contributed by atoms with Gasteiger partial charge in [-0.25, -0.2) is 0 Å². The second-order valence-corrected chi connectivity index (χ2v) is 18.4. The quantitative estimate of drug-likeness (QED) is 0.0457. The van der Waals surface area contributed by atoms with E-state index in [0.29, 0.717) is 76.5 Å². The van der Waals surface area contributed by atoms with Gasteiger partial charge in [0, 0.05) is 54.9 Å². The summed E-state index contributed by atoms with van der Waals surface area (Å²) in [7, 11) is 3.09. The second-order valence-electron chi connectivity index (χ2n) is 18.4. The Labute approximate surface area is 388 Å². The number of benzene rings is 3. The Kier molecular flexibility index (Phi) is 15.0. The summed E-state index contributed by atoms with van der Waals surface area (Å²) < 4.78 is 23.6. The van der Waals surface area contributed by atoms with Crippen LogP contribution in [-0.2, 0) is 9.59 Å². The SMILES string of the molecule is COc1cc(C(C)=O)c(C=C=CC2CC(c3ccc(C(=N)CC(=O)C(C)CC(=O)C(N)C(C)C)cc3)=CC2C)cc1OCCCOc1cc2c(cc1OC)C(=O)N1C=C(C3CC3)CC1C=N2. The van der Waals surface area contributed by atoms with Gasteiger partial charge in [0.25, 0.3) is 5.91 Å². The van der Waals surface area contributed by atoms with Crippen LogP contribution in [0.15, 0.2) is 83.2 Å². The number of rotatable bonds is 21. The molecule has 1 fully saturated rings. The molecule has 5 atom stereocenters. The topological polar surface area (TPSA) is 171 Å². The number of ether oxygens (including phenoxy) is 4. The molecular formula is C54H62N4O8. The van der Waals surface area contributed by atoms with Crippen LogP contribution in [0.1, 0.15) is 117 Å². The van der Waals surface area contributed by atoms with E-state index in [9.17, 15) is 19.2 Å². The minimum Gasteiger partial charge on any atom is -0.493 e. The number of methoxy groups -OCH3 is 2. The monoisotopic (exact) mass is 894 g/mol. The highest BCUT2D eigenvalue weighted by Gasteiger charge is 2.38. The lowest BCUT2D eigenvalue weighted by Crippen LogP contribution is -2.37. The van der Waals surface area contributed by atoms with Crippen molar-refractivity contribution < 1.29 is 38.1 Å². The predicted molar refractivity (Wildman–Crippen MR) is 257 cm³/mol. The number of Topliss-reactive ketones (excluding diaryl/α,β-unsaturated/α-hetero) is 3. The molecule has 0 aromatic heterocycles. The van der Waals surface area contributed by atoms with Crippen LogP contribution in [0.4, 0.5) is 5.69 Å². The smallest absolute Gasteiger partial charge is 0.260 e. The fraction of sp³-hybridized carbons (Fsp3) is 0.426.